The zero-order chi connectivity index (χ0) is 21.0. The van der Waals surface area contributed by atoms with E-state index < -0.39 is 17.4 Å². The molecule has 10 nitrogen and oxygen atoms in total. The van der Waals surface area contributed by atoms with Gasteiger partial charge in [-0.05, 0) is 25.5 Å². The Morgan fingerprint density at radius 1 is 1.34 bits per heavy atom. The van der Waals surface area contributed by atoms with Crippen molar-refractivity contribution in [2.24, 2.45) is 12.1 Å². The van der Waals surface area contributed by atoms with Crippen LogP contribution in [0.25, 0.3) is 11.2 Å². The van der Waals surface area contributed by atoms with Crippen molar-refractivity contribution >= 4 is 22.8 Å². The van der Waals surface area contributed by atoms with E-state index in [4.69, 9.17) is 4.74 Å². The van der Waals surface area contributed by atoms with E-state index in [2.05, 4.69) is 20.5 Å². The number of aromatic amines is 1. The molecule has 0 aliphatic carbocycles. The van der Waals surface area contributed by atoms with Crippen molar-refractivity contribution in [2.45, 2.75) is 32.9 Å². The minimum atomic E-state index is -0.930. The van der Waals surface area contributed by atoms with E-state index in [1.165, 1.54) is 16.2 Å². The van der Waals surface area contributed by atoms with Gasteiger partial charge < -0.3 is 14.4 Å². The Kier molecular flexibility index (Phi) is 6.13. The average molecular weight is 400 g/mol. The van der Waals surface area contributed by atoms with Crippen molar-refractivity contribution < 1.29 is 9.84 Å². The van der Waals surface area contributed by atoms with E-state index in [-0.39, 0.29) is 30.3 Å². The lowest BCUT2D eigenvalue weighted by atomic mass is 10.3. The number of nitrogens with zero attached hydrogens (tertiary/aromatic N) is 4. The van der Waals surface area contributed by atoms with E-state index in [1.807, 2.05) is 32.0 Å². The Morgan fingerprint density at radius 2 is 2.07 bits per heavy atom. The maximum absolute atomic E-state index is 12.4. The summed E-state index contributed by atoms with van der Waals surface area (Å²) in [5, 5.41) is 14.7. The molecular formula is C19H24N6O4. The zero-order valence-electron chi connectivity index (χ0n) is 16.5. The molecule has 0 fully saturated rings. The Hall–Kier alpha value is -3.40. The lowest BCUT2D eigenvalue weighted by Crippen LogP contribution is -2.30. The van der Waals surface area contributed by atoms with Crippen LogP contribution in [0.5, 0.6) is 5.75 Å². The van der Waals surface area contributed by atoms with Crippen LogP contribution in [0.4, 0.5) is 5.95 Å². The predicted octanol–water partition coefficient (Wildman–Crippen LogP) is 1.06. The smallest absolute Gasteiger partial charge is 0.329 e. The van der Waals surface area contributed by atoms with Crippen molar-refractivity contribution in [1.29, 1.82) is 0 Å². The summed E-state index contributed by atoms with van der Waals surface area (Å²) in [6.45, 7) is 3.85. The molecule has 0 saturated carbocycles. The minimum Gasteiger partial charge on any atom is -0.491 e. The molecule has 1 unspecified atom stereocenters. The van der Waals surface area contributed by atoms with Gasteiger partial charge in [0.1, 0.15) is 18.5 Å². The third-order valence-corrected chi connectivity index (χ3v) is 4.44. The van der Waals surface area contributed by atoms with Gasteiger partial charge in [0, 0.05) is 12.8 Å². The predicted molar refractivity (Wildman–Crippen MR) is 111 cm³/mol. The maximum atomic E-state index is 12.4. The number of aliphatic hydroxyl groups is 1. The molecule has 0 aliphatic rings. The highest BCUT2D eigenvalue weighted by Gasteiger charge is 2.20. The van der Waals surface area contributed by atoms with Gasteiger partial charge in [-0.1, -0.05) is 25.1 Å². The monoisotopic (exact) mass is 400 g/mol. The third-order valence-electron chi connectivity index (χ3n) is 4.44. The van der Waals surface area contributed by atoms with Gasteiger partial charge >= 0.3 is 5.69 Å². The standard InChI is InChI=1S/C19H24N6O4/c1-4-12(2)22-23-18-20-16-15(17(27)21-19(28)24(16)3)25(18)10-13(26)11-29-14-8-6-5-7-9-14/h5-9,13,26H,4,10-11H2,1-3H3,(H,20,23)(H,21,27,28)/b22-12+. The molecule has 3 N–H and O–H groups in total. The summed E-state index contributed by atoms with van der Waals surface area (Å²) in [5.74, 6) is 0.877. The first kappa shape index (κ1) is 20.3. The highest BCUT2D eigenvalue weighted by Crippen LogP contribution is 2.17. The Morgan fingerprint density at radius 3 is 2.76 bits per heavy atom. The number of H-pyrrole nitrogens is 1. The van der Waals surface area contributed by atoms with Gasteiger partial charge in [-0.25, -0.2) is 10.2 Å². The molecule has 2 heterocycles. The summed E-state index contributed by atoms with van der Waals surface area (Å²) in [6, 6.07) is 9.11. The van der Waals surface area contributed by atoms with E-state index in [1.54, 1.807) is 12.1 Å². The molecule has 10 heteroatoms. The van der Waals surface area contributed by atoms with Crippen LogP contribution in [-0.4, -0.2) is 42.6 Å². The van der Waals surface area contributed by atoms with E-state index in [0.717, 1.165) is 12.1 Å². The van der Waals surface area contributed by atoms with Gasteiger partial charge in [-0.2, -0.15) is 10.1 Å². The van der Waals surface area contributed by atoms with Crippen LogP contribution in [-0.2, 0) is 13.6 Å². The number of anilines is 1. The summed E-state index contributed by atoms with van der Waals surface area (Å²) in [7, 11) is 1.51. The second-order valence-electron chi connectivity index (χ2n) is 6.63. The number of rotatable bonds is 8. The first-order valence-electron chi connectivity index (χ1n) is 9.25. The van der Waals surface area contributed by atoms with Crippen LogP contribution in [0.2, 0.25) is 0 Å². The Labute approximate surface area is 166 Å². The van der Waals surface area contributed by atoms with Gasteiger partial charge in [0.15, 0.2) is 11.2 Å². The van der Waals surface area contributed by atoms with Gasteiger partial charge in [0.2, 0.25) is 5.95 Å². The quantitative estimate of drug-likeness (QED) is 0.383. The van der Waals surface area contributed by atoms with Crippen molar-refractivity contribution in [1.82, 2.24) is 19.1 Å². The van der Waals surface area contributed by atoms with E-state index >= 15 is 0 Å². The number of hydrogen-bond donors (Lipinski definition) is 3. The van der Waals surface area contributed by atoms with Crippen LogP contribution in [0, 0.1) is 0 Å². The largest absolute Gasteiger partial charge is 0.491 e. The van der Waals surface area contributed by atoms with Crippen LogP contribution < -0.4 is 21.4 Å². The molecule has 0 radical (unpaired) electrons. The van der Waals surface area contributed by atoms with Crippen molar-refractivity contribution in [2.75, 3.05) is 12.0 Å². The molecule has 3 aromatic rings. The number of imidazole rings is 1. The molecule has 0 bridgehead atoms. The van der Waals surface area contributed by atoms with Crippen LogP contribution >= 0.6 is 0 Å². The Balaban J connectivity index is 1.94. The van der Waals surface area contributed by atoms with Gasteiger partial charge in [-0.15, -0.1) is 0 Å². The molecule has 1 atom stereocenters. The van der Waals surface area contributed by atoms with E-state index in [9.17, 15) is 14.7 Å². The number of aromatic nitrogens is 4. The fraction of sp³-hybridized carbons (Fsp3) is 0.368. The Bertz CT molecular complexity index is 1130. The average Bonchev–Trinajstić information content (AvgIpc) is 3.08. The summed E-state index contributed by atoms with van der Waals surface area (Å²) in [5.41, 5.74) is 2.86. The van der Waals surface area contributed by atoms with Crippen molar-refractivity contribution in [3.63, 3.8) is 0 Å². The lowest BCUT2D eigenvalue weighted by Gasteiger charge is -2.15. The number of fused-ring (bicyclic) bond motifs is 1. The molecule has 0 saturated heterocycles. The molecule has 0 spiro atoms. The summed E-state index contributed by atoms with van der Waals surface area (Å²) < 4.78 is 8.32. The molecule has 154 valence electrons. The molecule has 1 aromatic carbocycles. The van der Waals surface area contributed by atoms with Crippen molar-refractivity contribution in [3.05, 3.63) is 51.2 Å². The maximum Gasteiger partial charge on any atom is 0.329 e. The minimum absolute atomic E-state index is 0.0179. The second-order valence-corrected chi connectivity index (χ2v) is 6.63. The SMILES string of the molecule is CC/C(C)=N/Nc1nc2c(c(=O)[nH]c(=O)n2C)n1CC(O)COc1ccccc1. The number of aliphatic hydroxyl groups excluding tert-OH is 1. The molecule has 29 heavy (non-hydrogen) atoms. The molecule has 3 rings (SSSR count). The summed E-state index contributed by atoms with van der Waals surface area (Å²) >= 11 is 0. The number of benzene rings is 1. The number of aryl methyl sites for hydroxylation is 1. The second kappa shape index (κ2) is 8.74. The molecular weight excluding hydrogens is 376 g/mol. The topological polar surface area (TPSA) is 127 Å². The van der Waals surface area contributed by atoms with Crippen LogP contribution in [0.3, 0.4) is 0 Å². The highest BCUT2D eigenvalue weighted by molar-refractivity contribution is 5.82. The van der Waals surface area contributed by atoms with E-state index in [0.29, 0.717) is 5.75 Å². The van der Waals surface area contributed by atoms with Crippen LogP contribution in [0.1, 0.15) is 20.3 Å². The third kappa shape index (κ3) is 4.54. The fourth-order valence-corrected chi connectivity index (χ4v) is 2.69. The highest BCUT2D eigenvalue weighted by atomic mass is 16.5. The summed E-state index contributed by atoms with van der Waals surface area (Å²) in [6.07, 6.45) is -0.194. The molecule has 0 aliphatic heterocycles. The van der Waals surface area contributed by atoms with Gasteiger partial charge in [0.05, 0.1) is 6.54 Å². The van der Waals surface area contributed by atoms with Gasteiger partial charge in [0.25, 0.3) is 5.56 Å². The number of hydrogen-bond acceptors (Lipinski definition) is 7. The van der Waals surface area contributed by atoms with Crippen molar-refractivity contribution in [3.8, 4) is 5.75 Å². The van der Waals surface area contributed by atoms with Crippen LogP contribution in [0.15, 0.2) is 45.0 Å². The molecule has 2 aromatic heterocycles. The first-order chi connectivity index (χ1) is 13.9. The number of hydrazone groups is 1. The van der Waals surface area contributed by atoms with Gasteiger partial charge in [-0.3, -0.25) is 14.3 Å². The first-order valence-corrected chi connectivity index (χ1v) is 9.25. The number of ether oxygens (including phenoxy) is 1. The number of para-hydroxylation sites is 1. The summed E-state index contributed by atoms with van der Waals surface area (Å²) in [4.78, 5) is 30.9. The zero-order valence-corrected chi connectivity index (χ0v) is 16.5. The fourth-order valence-electron chi connectivity index (χ4n) is 2.69. The normalized spacial score (nSPS) is 12.9. The molecule has 0 amide bonds. The lowest BCUT2D eigenvalue weighted by molar-refractivity contribution is 0.0938. The number of nitrogens with one attached hydrogen (secondary N) is 2.